The van der Waals surface area contributed by atoms with Gasteiger partial charge in [-0.3, -0.25) is 13.8 Å². The topological polar surface area (TPSA) is 191 Å². The zero-order valence-electron chi connectivity index (χ0n) is 38.1. The van der Waals surface area contributed by atoms with Crippen molar-refractivity contribution in [2.24, 2.45) is 68.0 Å². The van der Waals surface area contributed by atoms with Crippen LogP contribution < -0.4 is 0 Å². The molecule has 0 radical (unpaired) electrons. The van der Waals surface area contributed by atoms with Crippen LogP contribution in [0.2, 0.25) is 0 Å². The van der Waals surface area contributed by atoms with Gasteiger partial charge in [0, 0.05) is 46.3 Å². The Balaban J connectivity index is 0.000000218. The second kappa shape index (κ2) is 16.6. The molecule has 13 heteroatoms. The van der Waals surface area contributed by atoms with Crippen LogP contribution in [0.25, 0.3) is 0 Å². The first-order valence-corrected chi connectivity index (χ1v) is 23.9. The number of Topliss-reactive ketones (excluding diaryl/α,β-unsaturated/α-hetero) is 2. The highest BCUT2D eigenvalue weighted by atomic mass is 32.2. The Hall–Kier alpha value is -3.23. The Morgan fingerprint density at radius 3 is 1.52 bits per heavy atom. The quantitative estimate of drug-likeness (QED) is 0.135. The van der Waals surface area contributed by atoms with Crippen LogP contribution in [0.15, 0.2) is 54.5 Å². The van der Waals surface area contributed by atoms with Gasteiger partial charge in [0.25, 0.3) is 10.1 Å². The second-order valence-electron chi connectivity index (χ2n) is 20.9. The van der Waals surface area contributed by atoms with Crippen molar-refractivity contribution in [2.45, 2.75) is 143 Å². The maximum absolute atomic E-state index is 13.4. The number of hydrogen-bond acceptors (Lipinski definition) is 12. The van der Waals surface area contributed by atoms with E-state index < -0.39 is 81.3 Å². The summed E-state index contributed by atoms with van der Waals surface area (Å²) in [7, 11) is -4.17. The van der Waals surface area contributed by atoms with Gasteiger partial charge >= 0.3 is 11.9 Å². The van der Waals surface area contributed by atoms with Gasteiger partial charge in [-0.2, -0.15) is 8.42 Å². The number of carbonyl (C=O) groups excluding carboxylic acids is 4. The van der Waals surface area contributed by atoms with Gasteiger partial charge in [-0.25, -0.2) is 9.59 Å². The minimum atomic E-state index is -4.17. The number of carbonyl (C=O) groups is 4. The minimum absolute atomic E-state index is 0.0319. The highest BCUT2D eigenvalue weighted by molar-refractivity contribution is 7.86. The van der Waals surface area contributed by atoms with E-state index in [0.29, 0.717) is 19.3 Å². The van der Waals surface area contributed by atoms with E-state index in [0.717, 1.165) is 37.7 Å². The fourth-order valence-electron chi connectivity index (χ4n) is 14.4. The summed E-state index contributed by atoms with van der Waals surface area (Å²) in [6.07, 6.45) is 6.02. The molecule has 0 aromatic heterocycles. The van der Waals surface area contributed by atoms with Gasteiger partial charge in [-0.05, 0) is 92.1 Å². The molecule has 3 N–H and O–H groups in total. The molecule has 1 aromatic rings. The van der Waals surface area contributed by atoms with Crippen LogP contribution in [0.4, 0.5) is 0 Å². The number of ketones is 2. The van der Waals surface area contributed by atoms with Crippen molar-refractivity contribution in [1.82, 2.24) is 0 Å². The van der Waals surface area contributed by atoms with Gasteiger partial charge in [0.15, 0.2) is 6.61 Å². The summed E-state index contributed by atoms with van der Waals surface area (Å²) in [6.45, 7) is 24.2. The van der Waals surface area contributed by atoms with Crippen molar-refractivity contribution in [2.75, 3.05) is 13.2 Å². The Kier molecular flexibility index (Phi) is 12.9. The zero-order valence-corrected chi connectivity index (χ0v) is 39.0. The third-order valence-corrected chi connectivity index (χ3v) is 19.6. The van der Waals surface area contributed by atoms with E-state index in [1.54, 1.807) is 24.3 Å². The number of benzene rings is 1. The number of aryl methyl sites for hydroxylation is 1. The number of ether oxygens (including phenoxy) is 2. The summed E-state index contributed by atoms with van der Waals surface area (Å²) in [5.74, 6) is -1.96. The molecule has 6 fully saturated rings. The van der Waals surface area contributed by atoms with Crippen LogP contribution in [0.1, 0.15) is 112 Å². The molecule has 6 aliphatic carbocycles. The van der Waals surface area contributed by atoms with Gasteiger partial charge in [-0.15, -0.1) is 13.2 Å². The van der Waals surface area contributed by atoms with Gasteiger partial charge in [0.1, 0.15) is 30.4 Å². The molecule has 6 saturated carbocycles. The molecule has 62 heavy (non-hydrogen) atoms. The Morgan fingerprint density at radius 2 is 1.13 bits per heavy atom. The highest BCUT2D eigenvalue weighted by Crippen LogP contribution is 2.71. The molecular weight excluding hydrogens is 813 g/mol. The van der Waals surface area contributed by atoms with Crippen molar-refractivity contribution < 1.29 is 56.6 Å². The fourth-order valence-corrected chi connectivity index (χ4v) is 15.2. The lowest BCUT2D eigenvalue weighted by Gasteiger charge is -2.56. The molecule has 0 spiro atoms. The van der Waals surface area contributed by atoms with Crippen LogP contribution in [-0.4, -0.2) is 84.9 Å². The van der Waals surface area contributed by atoms with E-state index in [4.69, 9.17) is 13.7 Å². The molecule has 0 saturated heterocycles. The maximum Gasteiger partial charge on any atom is 0.333 e. The van der Waals surface area contributed by atoms with E-state index in [1.807, 2.05) is 48.5 Å². The molecule has 344 valence electrons. The molecule has 0 amide bonds. The van der Waals surface area contributed by atoms with Gasteiger partial charge < -0.3 is 24.8 Å². The lowest BCUT2D eigenvalue weighted by Crippen LogP contribution is -2.58. The van der Waals surface area contributed by atoms with Crippen molar-refractivity contribution in [1.29, 1.82) is 0 Å². The summed E-state index contributed by atoms with van der Waals surface area (Å²) < 4.78 is 42.1. The predicted molar refractivity (Wildman–Crippen MR) is 231 cm³/mol. The lowest BCUT2D eigenvalue weighted by atomic mass is 9.49. The maximum atomic E-state index is 13.4. The smallest absolute Gasteiger partial charge is 0.333 e. The number of aliphatic hydroxyl groups excluding tert-OH is 3. The van der Waals surface area contributed by atoms with Crippen LogP contribution in [-0.2, 0) is 43.0 Å². The Labute approximate surface area is 368 Å². The number of aliphatic hydroxyl groups is 3. The molecule has 6 aliphatic rings. The molecule has 12 nitrogen and oxygen atoms in total. The fraction of sp³-hybridized carbons (Fsp3) is 0.714. The number of rotatable bonds is 9. The highest BCUT2D eigenvalue weighted by Gasteiger charge is 2.73. The SMILES string of the molecule is C=C[C@]1(C)[C@@H](OC(=O)CO)[C@]2(C)C(C)CC[C@]3(CCC(=O)[C@H]32)[C@@H](C)[C@@H]1O.C=C[C@]1(C)[C@@H](OC(=O)COS(=O)(=O)c2ccc(C)cc2)[C@]2(C)C(C)CC[C@]3(CCC(=O)[C@H]32)[C@@H](C)[C@@H]1O. The standard InChI is InChI=1S/C28H38O7S.C21H32O5/c1-7-26(5)24(31)19(4)28-14-12-18(3)27(6,23(28)21(29)13-15-28)25(26)35-22(30)16-34-36(32,33)20-10-8-17(2)9-11-20;1-6-19(4)17(25)13(3)21-9-7-12(2)20(5,16(21)14(23)8-10-21)18(19)26-15(24)11-22/h7-11,18-19,23-25,31H,1,12-16H2,2-6H3;6,12-13,16-18,22,25H,1,7-11H2,2-5H3/t18?,19-,23-,24-,25+,26-,27+,28-;12?,13-,16-,17-,18+,19-,20+,21-/m00/s1. The molecular formula is C49H70O12S. The van der Waals surface area contributed by atoms with Crippen LogP contribution in [0.3, 0.4) is 0 Å². The number of esters is 2. The third kappa shape index (κ3) is 7.00. The van der Waals surface area contributed by atoms with E-state index in [9.17, 15) is 42.9 Å². The summed E-state index contributed by atoms with van der Waals surface area (Å²) in [5.41, 5.74) is -3.04. The Morgan fingerprint density at radius 1 is 0.726 bits per heavy atom. The molecule has 1 aromatic carbocycles. The van der Waals surface area contributed by atoms with Gasteiger partial charge in [0.05, 0.1) is 17.1 Å². The van der Waals surface area contributed by atoms with E-state index in [1.165, 1.54) is 12.1 Å². The first kappa shape index (κ1) is 48.2. The average molecular weight is 883 g/mol. The molecule has 2 unspecified atom stereocenters. The van der Waals surface area contributed by atoms with Crippen LogP contribution in [0, 0.1) is 74.9 Å². The summed E-state index contributed by atoms with van der Waals surface area (Å²) in [5, 5.41) is 32.3. The molecule has 0 aliphatic heterocycles. The van der Waals surface area contributed by atoms with Crippen LogP contribution in [0.5, 0.6) is 0 Å². The van der Waals surface area contributed by atoms with Crippen LogP contribution >= 0.6 is 0 Å². The molecule has 7 rings (SSSR count). The van der Waals surface area contributed by atoms with Crippen molar-refractivity contribution in [3.05, 3.63) is 55.1 Å². The summed E-state index contributed by atoms with van der Waals surface area (Å²) in [4.78, 5) is 51.6. The zero-order chi connectivity index (χ0) is 46.2. The van der Waals surface area contributed by atoms with E-state index in [2.05, 4.69) is 27.0 Å². The Bertz CT molecular complexity index is 2070. The normalized spacial score (nSPS) is 44.6. The molecule has 4 bridgehead atoms. The van der Waals surface area contributed by atoms with E-state index >= 15 is 0 Å². The minimum Gasteiger partial charge on any atom is -0.459 e. The second-order valence-corrected chi connectivity index (χ2v) is 22.5. The average Bonchev–Trinajstić information content (AvgIpc) is 3.78. The molecule has 0 heterocycles. The number of hydrogen-bond donors (Lipinski definition) is 3. The first-order chi connectivity index (χ1) is 28.8. The van der Waals surface area contributed by atoms with E-state index in [-0.39, 0.29) is 62.8 Å². The van der Waals surface area contributed by atoms with Gasteiger partial charge in [0.2, 0.25) is 0 Å². The van der Waals surface area contributed by atoms with Gasteiger partial charge in [-0.1, -0.05) is 85.2 Å². The predicted octanol–water partition coefficient (Wildman–Crippen LogP) is 6.71. The lowest BCUT2D eigenvalue weighted by molar-refractivity contribution is -0.189. The van der Waals surface area contributed by atoms with Crippen molar-refractivity contribution in [3.63, 3.8) is 0 Å². The largest absolute Gasteiger partial charge is 0.459 e. The van der Waals surface area contributed by atoms with Crippen molar-refractivity contribution in [3.8, 4) is 0 Å². The monoisotopic (exact) mass is 882 g/mol. The summed E-state index contributed by atoms with van der Waals surface area (Å²) >= 11 is 0. The summed E-state index contributed by atoms with van der Waals surface area (Å²) in [6, 6.07) is 6.14. The first-order valence-electron chi connectivity index (χ1n) is 22.5. The van der Waals surface area contributed by atoms with Crippen molar-refractivity contribution >= 4 is 33.6 Å². The third-order valence-electron chi connectivity index (χ3n) is 18.4. The molecule has 16 atom stereocenters.